The van der Waals surface area contributed by atoms with Crippen molar-refractivity contribution in [1.82, 2.24) is 9.80 Å². The van der Waals surface area contributed by atoms with Gasteiger partial charge in [0, 0.05) is 10.8 Å². The first-order valence-corrected chi connectivity index (χ1v) is 10.1. The molecule has 0 aromatic rings. The van der Waals surface area contributed by atoms with Crippen molar-refractivity contribution in [3.05, 3.63) is 0 Å². The zero-order valence-electron chi connectivity index (χ0n) is 18.4. The fourth-order valence-electron chi connectivity index (χ4n) is 4.76. The van der Waals surface area contributed by atoms with Crippen molar-refractivity contribution < 1.29 is 29.4 Å². The molecule has 2 aliphatic carbocycles. The van der Waals surface area contributed by atoms with E-state index in [-0.39, 0.29) is 25.7 Å². The van der Waals surface area contributed by atoms with Gasteiger partial charge in [-0.25, -0.2) is 0 Å². The molecule has 2 atom stereocenters. The van der Waals surface area contributed by atoms with E-state index >= 15 is 0 Å². The summed E-state index contributed by atoms with van der Waals surface area (Å²) in [5, 5.41) is 23.6. The molecular weight excluding hydrogens is 392 g/mol. The zero-order valence-corrected chi connectivity index (χ0v) is 18.4. The van der Waals surface area contributed by atoms with Gasteiger partial charge >= 0.3 is 0 Å². The summed E-state index contributed by atoms with van der Waals surface area (Å²) in [6, 6.07) is 0. The predicted molar refractivity (Wildman–Crippen MR) is 105 cm³/mol. The van der Waals surface area contributed by atoms with Crippen LogP contribution in [-0.4, -0.2) is 66.2 Å². The summed E-state index contributed by atoms with van der Waals surface area (Å²) >= 11 is 0. The highest BCUT2D eigenvalue weighted by Gasteiger charge is 2.87. The second-order valence-corrected chi connectivity index (χ2v) is 10.9. The summed E-state index contributed by atoms with van der Waals surface area (Å²) in [7, 11) is 0. The molecular formula is C20H32N4O6. The molecule has 1 saturated heterocycles. The van der Waals surface area contributed by atoms with E-state index in [1.54, 1.807) is 41.5 Å². The number of hydrogen-bond donors (Lipinski definition) is 4. The fourth-order valence-corrected chi connectivity index (χ4v) is 4.76. The molecule has 3 aliphatic rings. The molecule has 30 heavy (non-hydrogen) atoms. The summed E-state index contributed by atoms with van der Waals surface area (Å²) in [5.74, 6) is -3.78. The van der Waals surface area contributed by atoms with Gasteiger partial charge in [-0.1, -0.05) is 41.5 Å². The largest absolute Gasteiger partial charge is 0.365 e. The number of rotatable bonds is 2. The Balaban J connectivity index is 2.39. The van der Waals surface area contributed by atoms with E-state index < -0.39 is 57.0 Å². The highest BCUT2D eigenvalue weighted by atomic mass is 16.4. The van der Waals surface area contributed by atoms with Crippen LogP contribution in [0.2, 0.25) is 0 Å². The van der Waals surface area contributed by atoms with E-state index in [0.717, 1.165) is 9.80 Å². The van der Waals surface area contributed by atoms with Crippen LogP contribution in [-0.2, 0) is 19.2 Å². The lowest BCUT2D eigenvalue weighted by molar-refractivity contribution is -0.290. The standard InChI is InChI=1S/C20H32N4O6/c1-15(2,3)13(27)23-17(7-8-17)20(30,12(22)26)24(14(28)16(4,5)6)18(9-10-18)19(23,29)11(21)25/h29-30H,7-10H2,1-6H3,(H2,21,25)(H2,22,26)/t19-,20+. The summed E-state index contributed by atoms with van der Waals surface area (Å²) in [6.07, 6.45) is 0.253. The molecule has 10 heteroatoms. The third-order valence-corrected chi connectivity index (χ3v) is 6.62. The number of nitrogens with zero attached hydrogens (tertiary/aromatic N) is 2. The maximum Gasteiger partial charge on any atom is 0.273 e. The first-order chi connectivity index (χ1) is 13.4. The fraction of sp³-hybridized carbons (Fsp3) is 0.800. The highest BCUT2D eigenvalue weighted by molar-refractivity contribution is 6.00. The van der Waals surface area contributed by atoms with E-state index in [1.807, 2.05) is 0 Å². The van der Waals surface area contributed by atoms with Gasteiger partial charge in [0.2, 0.25) is 23.3 Å². The van der Waals surface area contributed by atoms with Gasteiger partial charge in [0.15, 0.2) is 0 Å². The van der Waals surface area contributed by atoms with Gasteiger partial charge in [-0.3, -0.25) is 29.0 Å². The molecule has 2 spiro atoms. The van der Waals surface area contributed by atoms with Gasteiger partial charge in [-0.2, -0.15) is 0 Å². The van der Waals surface area contributed by atoms with Crippen LogP contribution in [0.3, 0.4) is 0 Å². The van der Waals surface area contributed by atoms with Crippen molar-refractivity contribution in [3.63, 3.8) is 0 Å². The molecule has 6 N–H and O–H groups in total. The molecule has 3 rings (SSSR count). The Morgan fingerprint density at radius 2 is 0.900 bits per heavy atom. The van der Waals surface area contributed by atoms with E-state index in [4.69, 9.17) is 11.5 Å². The minimum atomic E-state index is -2.60. The Hall–Kier alpha value is -2.20. The first-order valence-electron chi connectivity index (χ1n) is 10.1. The second-order valence-electron chi connectivity index (χ2n) is 10.9. The number of carbonyl (C=O) groups excluding carboxylic acids is 4. The SMILES string of the molecule is CC(C)(C)C(=O)N1C2(CC2)[C@](O)(C(N)=O)N(C(=O)C(C)(C)C)C2(CC2)[C@@]1(O)C(N)=O. The van der Waals surface area contributed by atoms with Crippen LogP contribution in [0.15, 0.2) is 0 Å². The molecule has 0 unspecified atom stereocenters. The van der Waals surface area contributed by atoms with E-state index in [2.05, 4.69) is 0 Å². The number of carbonyl (C=O) groups is 4. The molecule has 4 amide bonds. The molecule has 0 aromatic heterocycles. The molecule has 0 bridgehead atoms. The number of aliphatic hydroxyl groups is 2. The summed E-state index contributed by atoms with van der Waals surface area (Å²) < 4.78 is 0. The number of primary amides is 2. The van der Waals surface area contributed by atoms with Crippen molar-refractivity contribution in [3.8, 4) is 0 Å². The number of hydrogen-bond acceptors (Lipinski definition) is 6. The first kappa shape index (κ1) is 22.5. The number of piperazine rings is 1. The highest BCUT2D eigenvalue weighted by Crippen LogP contribution is 2.67. The Morgan fingerprint density at radius 3 is 1.03 bits per heavy atom. The zero-order chi connectivity index (χ0) is 23.3. The smallest absolute Gasteiger partial charge is 0.273 e. The van der Waals surface area contributed by atoms with Crippen LogP contribution in [0.5, 0.6) is 0 Å². The van der Waals surface area contributed by atoms with Crippen LogP contribution < -0.4 is 11.5 Å². The third-order valence-electron chi connectivity index (χ3n) is 6.62. The maximum atomic E-state index is 13.5. The quantitative estimate of drug-likeness (QED) is 0.451. The van der Waals surface area contributed by atoms with Crippen molar-refractivity contribution >= 4 is 23.6 Å². The van der Waals surface area contributed by atoms with E-state index in [0.29, 0.717) is 0 Å². The molecule has 3 fully saturated rings. The van der Waals surface area contributed by atoms with Crippen LogP contribution in [0.4, 0.5) is 0 Å². The van der Waals surface area contributed by atoms with Gasteiger partial charge in [0.05, 0.1) is 0 Å². The lowest BCUT2D eigenvalue weighted by Crippen LogP contribution is -2.89. The Morgan fingerprint density at radius 1 is 0.667 bits per heavy atom. The van der Waals surface area contributed by atoms with Crippen LogP contribution in [0, 0.1) is 10.8 Å². The Labute approximate surface area is 175 Å². The van der Waals surface area contributed by atoms with Crippen LogP contribution in [0.1, 0.15) is 67.2 Å². The molecule has 10 nitrogen and oxygen atoms in total. The average molecular weight is 424 g/mol. The molecule has 2 saturated carbocycles. The molecule has 1 heterocycles. The lowest BCUT2D eigenvalue weighted by atomic mass is 9.76. The molecule has 0 radical (unpaired) electrons. The van der Waals surface area contributed by atoms with Gasteiger partial charge in [0.1, 0.15) is 11.1 Å². The summed E-state index contributed by atoms with van der Waals surface area (Å²) in [5.41, 5.74) is 0.453. The second kappa shape index (κ2) is 5.73. The van der Waals surface area contributed by atoms with Gasteiger partial charge in [0.25, 0.3) is 11.8 Å². The van der Waals surface area contributed by atoms with Crippen LogP contribution >= 0.6 is 0 Å². The van der Waals surface area contributed by atoms with Crippen molar-refractivity contribution in [2.45, 2.75) is 89.8 Å². The molecule has 1 aliphatic heterocycles. The lowest BCUT2D eigenvalue weighted by Gasteiger charge is -2.63. The van der Waals surface area contributed by atoms with Gasteiger partial charge in [-0.15, -0.1) is 0 Å². The Kier molecular flexibility index (Phi) is 4.29. The molecule has 0 aromatic carbocycles. The minimum absolute atomic E-state index is 0.0633. The maximum absolute atomic E-state index is 13.5. The van der Waals surface area contributed by atoms with Gasteiger partial charge < -0.3 is 21.7 Å². The monoisotopic (exact) mass is 424 g/mol. The van der Waals surface area contributed by atoms with Crippen LogP contribution in [0.25, 0.3) is 0 Å². The van der Waals surface area contributed by atoms with E-state index in [1.165, 1.54) is 0 Å². The van der Waals surface area contributed by atoms with E-state index in [9.17, 15) is 29.4 Å². The van der Waals surface area contributed by atoms with Gasteiger partial charge in [-0.05, 0) is 25.7 Å². The van der Waals surface area contributed by atoms with Crippen molar-refractivity contribution in [2.24, 2.45) is 22.3 Å². The number of nitrogens with two attached hydrogens (primary N) is 2. The number of amides is 4. The summed E-state index contributed by atoms with van der Waals surface area (Å²) in [4.78, 5) is 54.2. The summed E-state index contributed by atoms with van der Waals surface area (Å²) in [6.45, 7) is 9.51. The predicted octanol–water partition coefficient (Wildman–Crippen LogP) is -0.838. The normalized spacial score (nSPS) is 31.6. The average Bonchev–Trinajstić information content (AvgIpc) is 3.46. The van der Waals surface area contributed by atoms with Crippen molar-refractivity contribution in [2.75, 3.05) is 0 Å². The minimum Gasteiger partial charge on any atom is -0.365 e. The third kappa shape index (κ3) is 2.37. The van der Waals surface area contributed by atoms with Crippen molar-refractivity contribution in [1.29, 1.82) is 0 Å². The Bertz CT molecular complexity index is 778. The molecule has 168 valence electrons. The topological polar surface area (TPSA) is 167 Å².